The monoisotopic (exact) mass is 399 g/mol. The third-order valence-electron chi connectivity index (χ3n) is 5.13. The summed E-state index contributed by atoms with van der Waals surface area (Å²) in [5.41, 5.74) is 1.14. The Kier molecular flexibility index (Phi) is 7.23. The molecule has 0 spiro atoms. The molecule has 1 saturated heterocycles. The first-order valence-corrected chi connectivity index (χ1v) is 10.7. The highest BCUT2D eigenvalue weighted by Gasteiger charge is 2.31. The molecule has 0 bridgehead atoms. The van der Waals surface area contributed by atoms with Gasteiger partial charge in [-0.2, -0.15) is 0 Å². The number of benzene rings is 1. The topological polar surface area (TPSA) is 43.9 Å². The molecule has 5 nitrogen and oxygen atoms in total. The lowest BCUT2D eigenvalue weighted by molar-refractivity contribution is -0.137. The standard InChI is InChI=1S/C22H29N3O2S/c1-23(2)13-14-25(16-18-8-4-3-5-9-18)21(26)19-10-6-12-24(17-19)22(27)20-11-7-15-28-20/h3-5,7-9,11,15,19H,6,10,12-14,16-17H2,1-2H3. The van der Waals surface area contributed by atoms with E-state index in [-0.39, 0.29) is 17.7 Å². The number of amides is 2. The second-order valence-electron chi connectivity index (χ2n) is 7.62. The van der Waals surface area contributed by atoms with Gasteiger partial charge in [0.25, 0.3) is 5.91 Å². The van der Waals surface area contributed by atoms with Crippen LogP contribution in [0.15, 0.2) is 47.8 Å². The molecule has 0 radical (unpaired) electrons. The Morgan fingerprint density at radius 3 is 2.57 bits per heavy atom. The van der Waals surface area contributed by atoms with Crippen LogP contribution in [0.5, 0.6) is 0 Å². The maximum Gasteiger partial charge on any atom is 0.263 e. The van der Waals surface area contributed by atoms with Crippen LogP contribution >= 0.6 is 11.3 Å². The van der Waals surface area contributed by atoms with E-state index in [1.54, 1.807) is 0 Å². The van der Waals surface area contributed by atoms with E-state index in [1.807, 2.05) is 59.6 Å². The summed E-state index contributed by atoms with van der Waals surface area (Å²) in [6.45, 7) is 3.38. The van der Waals surface area contributed by atoms with Gasteiger partial charge in [0.05, 0.1) is 10.8 Å². The number of nitrogens with zero attached hydrogens (tertiary/aromatic N) is 3. The van der Waals surface area contributed by atoms with Crippen molar-refractivity contribution in [3.8, 4) is 0 Å². The molecule has 6 heteroatoms. The van der Waals surface area contributed by atoms with Crippen LogP contribution in [0.4, 0.5) is 0 Å². The number of likely N-dealkylation sites (tertiary alicyclic amines) is 1. The quantitative estimate of drug-likeness (QED) is 0.718. The molecule has 28 heavy (non-hydrogen) atoms. The molecular formula is C22H29N3O2S. The van der Waals surface area contributed by atoms with Gasteiger partial charge in [0.15, 0.2) is 0 Å². The summed E-state index contributed by atoms with van der Waals surface area (Å²) in [5, 5.41) is 1.92. The summed E-state index contributed by atoms with van der Waals surface area (Å²) in [7, 11) is 4.04. The summed E-state index contributed by atoms with van der Waals surface area (Å²) < 4.78 is 0. The number of carbonyl (C=O) groups is 2. The van der Waals surface area contributed by atoms with Crippen LogP contribution in [0, 0.1) is 5.92 Å². The first-order valence-electron chi connectivity index (χ1n) is 9.85. The highest BCUT2D eigenvalue weighted by molar-refractivity contribution is 7.12. The maximum absolute atomic E-state index is 13.3. The molecule has 2 aromatic rings. The van der Waals surface area contributed by atoms with Gasteiger partial charge >= 0.3 is 0 Å². The number of piperidine rings is 1. The van der Waals surface area contributed by atoms with Gasteiger partial charge in [-0.15, -0.1) is 11.3 Å². The average molecular weight is 400 g/mol. The van der Waals surface area contributed by atoms with E-state index in [0.717, 1.165) is 36.4 Å². The summed E-state index contributed by atoms with van der Waals surface area (Å²) >= 11 is 1.46. The van der Waals surface area contributed by atoms with Crippen molar-refractivity contribution >= 4 is 23.2 Å². The van der Waals surface area contributed by atoms with Crippen LogP contribution in [0.2, 0.25) is 0 Å². The maximum atomic E-state index is 13.3. The molecule has 2 amide bonds. The molecule has 3 rings (SSSR count). The molecule has 1 fully saturated rings. The van der Waals surface area contributed by atoms with Crippen molar-refractivity contribution in [2.75, 3.05) is 40.3 Å². The molecule has 0 aliphatic carbocycles. The van der Waals surface area contributed by atoms with E-state index in [1.165, 1.54) is 11.3 Å². The summed E-state index contributed by atoms with van der Waals surface area (Å²) in [5.74, 6) is 0.0910. The van der Waals surface area contributed by atoms with E-state index in [0.29, 0.717) is 19.6 Å². The molecular weight excluding hydrogens is 370 g/mol. The van der Waals surface area contributed by atoms with Crippen molar-refractivity contribution in [1.82, 2.24) is 14.7 Å². The van der Waals surface area contributed by atoms with E-state index >= 15 is 0 Å². The van der Waals surface area contributed by atoms with E-state index in [9.17, 15) is 9.59 Å². The molecule has 150 valence electrons. The zero-order valence-electron chi connectivity index (χ0n) is 16.7. The third kappa shape index (κ3) is 5.42. The van der Waals surface area contributed by atoms with Gasteiger partial charge in [-0.1, -0.05) is 36.4 Å². The van der Waals surface area contributed by atoms with Crippen LogP contribution in [0.25, 0.3) is 0 Å². The highest BCUT2D eigenvalue weighted by atomic mass is 32.1. The van der Waals surface area contributed by atoms with E-state index in [4.69, 9.17) is 0 Å². The minimum absolute atomic E-state index is 0.0513. The number of carbonyl (C=O) groups excluding carboxylic acids is 2. The van der Waals surface area contributed by atoms with Crippen LogP contribution in [-0.2, 0) is 11.3 Å². The second kappa shape index (κ2) is 9.85. The molecule has 2 heterocycles. The van der Waals surface area contributed by atoms with Gasteiger partial charge in [0, 0.05) is 32.7 Å². The molecule has 1 atom stereocenters. The lowest BCUT2D eigenvalue weighted by Crippen LogP contribution is -2.47. The molecule has 1 aromatic heterocycles. The molecule has 1 aliphatic rings. The highest BCUT2D eigenvalue weighted by Crippen LogP contribution is 2.23. The Bertz CT molecular complexity index is 761. The summed E-state index contributed by atoms with van der Waals surface area (Å²) in [6.07, 6.45) is 1.72. The van der Waals surface area contributed by atoms with Crippen molar-refractivity contribution in [2.45, 2.75) is 19.4 Å². The van der Waals surface area contributed by atoms with Gasteiger partial charge in [-0.05, 0) is 43.9 Å². The number of hydrogen-bond donors (Lipinski definition) is 0. The fourth-order valence-corrected chi connectivity index (χ4v) is 4.26. The fraction of sp³-hybridized carbons (Fsp3) is 0.455. The lowest BCUT2D eigenvalue weighted by atomic mass is 9.96. The SMILES string of the molecule is CN(C)CCN(Cc1ccccc1)C(=O)C1CCCN(C(=O)c2cccs2)C1. The van der Waals surface area contributed by atoms with Crippen molar-refractivity contribution in [2.24, 2.45) is 5.92 Å². The molecule has 0 saturated carbocycles. The van der Waals surface area contributed by atoms with Crippen molar-refractivity contribution in [1.29, 1.82) is 0 Å². The fourth-order valence-electron chi connectivity index (χ4n) is 3.57. The van der Waals surface area contributed by atoms with Gasteiger partial charge < -0.3 is 14.7 Å². The minimum Gasteiger partial charge on any atom is -0.337 e. The van der Waals surface area contributed by atoms with Crippen molar-refractivity contribution in [3.63, 3.8) is 0 Å². The molecule has 1 aliphatic heterocycles. The van der Waals surface area contributed by atoms with Crippen LogP contribution < -0.4 is 0 Å². The number of thiophene rings is 1. The minimum atomic E-state index is -0.122. The normalized spacial score (nSPS) is 17.0. The number of likely N-dealkylation sites (N-methyl/N-ethyl adjacent to an activating group) is 1. The third-order valence-corrected chi connectivity index (χ3v) is 5.99. The van der Waals surface area contributed by atoms with Crippen LogP contribution in [0.1, 0.15) is 28.1 Å². The Morgan fingerprint density at radius 1 is 1.11 bits per heavy atom. The van der Waals surface area contributed by atoms with Gasteiger partial charge in [-0.25, -0.2) is 0 Å². The predicted molar refractivity (Wildman–Crippen MR) is 113 cm³/mol. The van der Waals surface area contributed by atoms with Crippen LogP contribution in [-0.4, -0.2) is 66.8 Å². The predicted octanol–water partition coefficient (Wildman–Crippen LogP) is 3.19. The molecule has 1 unspecified atom stereocenters. The van der Waals surface area contributed by atoms with E-state index < -0.39 is 0 Å². The summed E-state index contributed by atoms with van der Waals surface area (Å²) in [6, 6.07) is 13.9. The Labute approximate surface area is 171 Å². The Morgan fingerprint density at radius 2 is 1.89 bits per heavy atom. The van der Waals surface area contributed by atoms with Crippen molar-refractivity contribution < 1.29 is 9.59 Å². The second-order valence-corrected chi connectivity index (χ2v) is 8.56. The Hall–Kier alpha value is -2.18. The van der Waals surface area contributed by atoms with Gasteiger partial charge in [0.1, 0.15) is 0 Å². The largest absolute Gasteiger partial charge is 0.337 e. The number of rotatable bonds is 7. The zero-order valence-corrected chi connectivity index (χ0v) is 17.5. The first kappa shape index (κ1) is 20.6. The van der Waals surface area contributed by atoms with Crippen molar-refractivity contribution in [3.05, 3.63) is 58.3 Å². The molecule has 1 aromatic carbocycles. The first-order chi connectivity index (χ1) is 13.5. The lowest BCUT2D eigenvalue weighted by Gasteiger charge is -2.35. The zero-order chi connectivity index (χ0) is 19.9. The summed E-state index contributed by atoms with van der Waals surface area (Å²) in [4.78, 5) is 32.7. The Balaban J connectivity index is 1.68. The van der Waals surface area contributed by atoms with E-state index in [2.05, 4.69) is 17.0 Å². The number of hydrogen-bond acceptors (Lipinski definition) is 4. The smallest absolute Gasteiger partial charge is 0.263 e. The van der Waals surface area contributed by atoms with Crippen LogP contribution in [0.3, 0.4) is 0 Å². The van der Waals surface area contributed by atoms with Gasteiger partial charge in [-0.3, -0.25) is 9.59 Å². The van der Waals surface area contributed by atoms with Gasteiger partial charge in [0.2, 0.25) is 5.91 Å². The molecule has 0 N–H and O–H groups in total. The average Bonchev–Trinajstić information content (AvgIpc) is 3.25.